The summed E-state index contributed by atoms with van der Waals surface area (Å²) in [5.41, 5.74) is 0.982. The molecule has 0 fully saturated rings. The minimum Gasteiger partial charge on any atom is -0.373 e. The number of aryl methyl sites for hydroxylation is 1. The van der Waals surface area contributed by atoms with Gasteiger partial charge in [0, 0.05) is 21.2 Å². The van der Waals surface area contributed by atoms with Crippen LogP contribution in [0.3, 0.4) is 0 Å². The summed E-state index contributed by atoms with van der Waals surface area (Å²) in [5, 5.41) is 6.29. The number of nitrogens with zero attached hydrogens (tertiary/aromatic N) is 2. The van der Waals surface area contributed by atoms with Crippen LogP contribution in [0.2, 0.25) is 0 Å². The number of rotatable bonds is 3. The molecule has 0 aliphatic carbocycles. The van der Waals surface area contributed by atoms with E-state index in [9.17, 15) is 0 Å². The molecule has 0 unspecified atom stereocenters. The van der Waals surface area contributed by atoms with Gasteiger partial charge in [-0.25, -0.2) is 9.97 Å². The molecule has 1 aromatic heterocycles. The number of aromatic nitrogens is 2. The van der Waals surface area contributed by atoms with Crippen molar-refractivity contribution < 1.29 is 0 Å². The Kier molecular flexibility index (Phi) is 4.39. The molecule has 1 aromatic carbocycles. The number of halogens is 2. The lowest BCUT2D eigenvalue weighted by molar-refractivity contribution is 1.06. The summed E-state index contributed by atoms with van der Waals surface area (Å²) in [7, 11) is 1.84. The molecule has 0 bridgehead atoms. The van der Waals surface area contributed by atoms with Gasteiger partial charge in [0.15, 0.2) is 0 Å². The predicted octanol–water partition coefficient (Wildman–Crippen LogP) is 3.94. The van der Waals surface area contributed by atoms with Crippen LogP contribution in [-0.2, 0) is 0 Å². The van der Waals surface area contributed by atoms with Crippen molar-refractivity contribution in [2.45, 2.75) is 6.92 Å². The highest BCUT2D eigenvalue weighted by Crippen LogP contribution is 2.27. The van der Waals surface area contributed by atoms with Gasteiger partial charge in [0.25, 0.3) is 0 Å². The summed E-state index contributed by atoms with van der Waals surface area (Å²) >= 11 is 5.81. The number of anilines is 3. The van der Waals surface area contributed by atoms with Gasteiger partial charge in [0.05, 0.1) is 5.69 Å². The van der Waals surface area contributed by atoms with Crippen LogP contribution < -0.4 is 10.6 Å². The minimum atomic E-state index is 0.728. The van der Waals surface area contributed by atoms with Crippen molar-refractivity contribution in [3.8, 4) is 0 Å². The molecule has 18 heavy (non-hydrogen) atoms. The minimum absolute atomic E-state index is 0.728. The first-order valence-corrected chi connectivity index (χ1v) is 7.21. The Balaban J connectivity index is 2.30. The molecule has 6 heteroatoms. The number of hydrogen-bond acceptors (Lipinski definition) is 4. The first kappa shape index (κ1) is 13.5. The normalized spacial score (nSPS) is 10.2. The van der Waals surface area contributed by atoms with Crippen LogP contribution in [0.5, 0.6) is 0 Å². The third kappa shape index (κ3) is 3.32. The van der Waals surface area contributed by atoms with Crippen molar-refractivity contribution in [2.75, 3.05) is 17.7 Å². The predicted molar refractivity (Wildman–Crippen MR) is 86.5 cm³/mol. The van der Waals surface area contributed by atoms with E-state index in [1.54, 1.807) is 0 Å². The highest BCUT2D eigenvalue weighted by atomic mass is 127. The van der Waals surface area contributed by atoms with Crippen molar-refractivity contribution >= 4 is 55.8 Å². The molecule has 0 aliphatic rings. The van der Waals surface area contributed by atoms with Crippen molar-refractivity contribution in [1.82, 2.24) is 9.97 Å². The molecule has 0 saturated carbocycles. The van der Waals surface area contributed by atoms with E-state index < -0.39 is 0 Å². The molecule has 0 atom stereocenters. The van der Waals surface area contributed by atoms with Crippen molar-refractivity contribution in [1.29, 1.82) is 0 Å². The Labute approximate surface area is 128 Å². The monoisotopic (exact) mass is 418 g/mol. The van der Waals surface area contributed by atoms with Gasteiger partial charge < -0.3 is 10.6 Å². The standard InChI is InChI=1S/C12H12BrIN4/c1-7-16-11(15-2)6-12(17-7)18-10-4-3-8(14)5-9(10)13/h3-6H,1-2H3,(H2,15,16,17,18). The maximum absolute atomic E-state index is 4.36. The fraction of sp³-hybridized carbons (Fsp3) is 0.167. The molecule has 0 saturated heterocycles. The van der Waals surface area contributed by atoms with Crippen molar-refractivity contribution in [3.63, 3.8) is 0 Å². The summed E-state index contributed by atoms with van der Waals surface area (Å²) in [4.78, 5) is 8.61. The molecule has 4 nitrogen and oxygen atoms in total. The van der Waals surface area contributed by atoms with E-state index >= 15 is 0 Å². The van der Waals surface area contributed by atoms with Crippen LogP contribution in [0.25, 0.3) is 0 Å². The molecule has 2 N–H and O–H groups in total. The van der Waals surface area contributed by atoms with Crippen LogP contribution in [-0.4, -0.2) is 17.0 Å². The smallest absolute Gasteiger partial charge is 0.136 e. The van der Waals surface area contributed by atoms with E-state index in [2.05, 4.69) is 65.2 Å². The third-order valence-corrected chi connectivity index (χ3v) is 3.62. The molecule has 1 heterocycles. The van der Waals surface area contributed by atoms with E-state index in [4.69, 9.17) is 0 Å². The summed E-state index contributed by atoms with van der Waals surface area (Å²) in [6.07, 6.45) is 0. The molecule has 2 aromatic rings. The maximum Gasteiger partial charge on any atom is 0.136 e. The lowest BCUT2D eigenvalue weighted by Gasteiger charge is -2.10. The fourth-order valence-electron chi connectivity index (χ4n) is 1.49. The topological polar surface area (TPSA) is 49.8 Å². The first-order chi connectivity index (χ1) is 8.58. The van der Waals surface area contributed by atoms with E-state index in [1.807, 2.05) is 32.2 Å². The van der Waals surface area contributed by atoms with Crippen molar-refractivity contribution in [2.24, 2.45) is 0 Å². The number of nitrogens with one attached hydrogen (secondary N) is 2. The molecule has 0 spiro atoms. The van der Waals surface area contributed by atoms with Gasteiger partial charge in [-0.15, -0.1) is 0 Å². The average Bonchev–Trinajstić information content (AvgIpc) is 2.32. The summed E-state index contributed by atoms with van der Waals surface area (Å²) < 4.78 is 2.19. The summed E-state index contributed by atoms with van der Waals surface area (Å²) in [6, 6.07) is 7.98. The van der Waals surface area contributed by atoms with E-state index in [0.29, 0.717) is 0 Å². The highest BCUT2D eigenvalue weighted by molar-refractivity contribution is 14.1. The third-order valence-electron chi connectivity index (χ3n) is 2.29. The number of benzene rings is 1. The van der Waals surface area contributed by atoms with Gasteiger partial charge in [0.1, 0.15) is 17.5 Å². The molecule has 0 radical (unpaired) electrons. The van der Waals surface area contributed by atoms with Gasteiger partial charge in [-0.1, -0.05) is 0 Å². The molecular weight excluding hydrogens is 407 g/mol. The van der Waals surface area contributed by atoms with Gasteiger partial charge >= 0.3 is 0 Å². The lowest BCUT2D eigenvalue weighted by atomic mass is 10.3. The van der Waals surface area contributed by atoms with Crippen LogP contribution in [0, 0.1) is 10.5 Å². The zero-order chi connectivity index (χ0) is 13.1. The Morgan fingerprint density at radius 2 is 1.89 bits per heavy atom. The maximum atomic E-state index is 4.36. The summed E-state index contributed by atoms with van der Waals surface area (Å²) in [6.45, 7) is 1.87. The molecule has 2 rings (SSSR count). The Morgan fingerprint density at radius 3 is 2.56 bits per heavy atom. The first-order valence-electron chi connectivity index (χ1n) is 5.34. The second kappa shape index (κ2) is 5.83. The SMILES string of the molecule is CNc1cc(Nc2ccc(I)cc2Br)nc(C)n1. The average molecular weight is 419 g/mol. The Morgan fingerprint density at radius 1 is 1.17 bits per heavy atom. The van der Waals surface area contributed by atoms with Crippen LogP contribution >= 0.6 is 38.5 Å². The van der Waals surface area contributed by atoms with E-state index in [1.165, 1.54) is 3.57 Å². The van der Waals surface area contributed by atoms with Gasteiger partial charge in [0.2, 0.25) is 0 Å². The van der Waals surface area contributed by atoms with E-state index in [0.717, 1.165) is 27.6 Å². The van der Waals surface area contributed by atoms with Crippen molar-refractivity contribution in [3.05, 3.63) is 38.1 Å². The molecule has 0 amide bonds. The quantitative estimate of drug-likeness (QED) is 0.741. The van der Waals surface area contributed by atoms with Gasteiger partial charge in [-0.3, -0.25) is 0 Å². The fourth-order valence-corrected chi connectivity index (χ4v) is 2.89. The molecular formula is C12H12BrIN4. The van der Waals surface area contributed by atoms with Gasteiger partial charge in [-0.05, 0) is 63.6 Å². The van der Waals surface area contributed by atoms with Crippen LogP contribution in [0.4, 0.5) is 17.3 Å². The Bertz CT molecular complexity index is 574. The second-order valence-corrected chi connectivity index (χ2v) is 5.78. The highest BCUT2D eigenvalue weighted by Gasteiger charge is 2.04. The second-order valence-electron chi connectivity index (χ2n) is 3.68. The Hall–Kier alpha value is -0.890. The van der Waals surface area contributed by atoms with Gasteiger partial charge in [-0.2, -0.15) is 0 Å². The van der Waals surface area contributed by atoms with Crippen LogP contribution in [0.15, 0.2) is 28.7 Å². The van der Waals surface area contributed by atoms with Crippen LogP contribution in [0.1, 0.15) is 5.82 Å². The zero-order valence-corrected chi connectivity index (χ0v) is 13.7. The zero-order valence-electron chi connectivity index (χ0n) is 9.96. The number of hydrogen-bond donors (Lipinski definition) is 2. The molecule has 0 aliphatic heterocycles. The summed E-state index contributed by atoms with van der Waals surface area (Å²) in [5.74, 6) is 2.30. The largest absolute Gasteiger partial charge is 0.373 e. The van der Waals surface area contributed by atoms with E-state index in [-0.39, 0.29) is 0 Å². The molecule has 94 valence electrons. The lowest BCUT2D eigenvalue weighted by Crippen LogP contribution is -2.01.